The Kier molecular flexibility index (Phi) is 9.02. The van der Waals surface area contributed by atoms with Gasteiger partial charge in [-0.3, -0.25) is 9.69 Å². The first-order valence-electron chi connectivity index (χ1n) is 14.8. The normalized spacial score (nSPS) is 26.5. The number of carboxylic acid groups (broad SMARTS) is 1. The van der Waals surface area contributed by atoms with Crippen molar-refractivity contribution in [1.29, 1.82) is 0 Å². The lowest BCUT2D eigenvalue weighted by atomic mass is 9.66. The van der Waals surface area contributed by atoms with E-state index < -0.39 is 48.0 Å². The molecule has 0 radical (unpaired) electrons. The molecule has 3 aliphatic rings. The number of halogens is 4. The van der Waals surface area contributed by atoms with E-state index in [0.29, 0.717) is 53.4 Å². The van der Waals surface area contributed by atoms with Crippen LogP contribution < -0.4 is 4.74 Å². The molecule has 0 bridgehead atoms. The van der Waals surface area contributed by atoms with Crippen molar-refractivity contribution in [3.8, 4) is 5.75 Å². The minimum atomic E-state index is -4.66. The molecule has 236 valence electrons. The molecule has 2 N–H and O–H groups in total. The molecule has 9 nitrogen and oxygen atoms in total. The number of aliphatic hydroxyl groups is 1. The van der Waals surface area contributed by atoms with Crippen molar-refractivity contribution in [2.24, 2.45) is 18.4 Å². The van der Waals surface area contributed by atoms with Crippen LogP contribution in [0.2, 0.25) is 5.02 Å². The molecular formula is C30H39ClF3N5O4. The summed E-state index contributed by atoms with van der Waals surface area (Å²) in [4.78, 5) is 16.7. The second-order valence-corrected chi connectivity index (χ2v) is 12.5. The zero-order chi connectivity index (χ0) is 31.1. The lowest BCUT2D eigenvalue weighted by Gasteiger charge is -2.49. The maximum atomic E-state index is 13.7. The van der Waals surface area contributed by atoms with Crippen molar-refractivity contribution >= 4 is 17.6 Å². The Morgan fingerprint density at radius 2 is 2.02 bits per heavy atom. The number of hydrogen-bond acceptors (Lipinski definition) is 7. The Morgan fingerprint density at radius 1 is 1.26 bits per heavy atom. The van der Waals surface area contributed by atoms with Crippen LogP contribution >= 0.6 is 11.6 Å². The standard InChI is InChI=1S/C30H39ClF3N5O4/c1-4-18-8-7-14-38(18)16-23-25-19(12-15-39(23)27(40)20-9-5-6-13-29(20,2)28(41)42)21(31)10-11-24(25)43-17-22-26(30(32,33)34)37(3)36-35-22/h4,10-11,20,23,27,40H,5-9,12-17H2,1-3H3,(H,41,42)/b18-4+/t20-,23-,27?,29+/m1/s1. The summed E-state index contributed by atoms with van der Waals surface area (Å²) in [5, 5.41) is 30.0. The molecule has 2 aromatic rings. The Labute approximate surface area is 254 Å². The predicted octanol–water partition coefficient (Wildman–Crippen LogP) is 5.56. The number of alkyl halides is 3. The van der Waals surface area contributed by atoms with Crippen LogP contribution in [0, 0.1) is 11.3 Å². The van der Waals surface area contributed by atoms with Crippen LogP contribution in [0.25, 0.3) is 0 Å². The van der Waals surface area contributed by atoms with Crippen molar-refractivity contribution in [2.45, 2.75) is 83.8 Å². The quantitative estimate of drug-likeness (QED) is 0.393. The summed E-state index contributed by atoms with van der Waals surface area (Å²) in [5.41, 5.74) is 0.285. The van der Waals surface area contributed by atoms with Crippen molar-refractivity contribution in [1.82, 2.24) is 24.8 Å². The van der Waals surface area contributed by atoms with Gasteiger partial charge in [-0.15, -0.1) is 5.10 Å². The zero-order valence-corrected chi connectivity index (χ0v) is 25.5. The number of fused-ring (bicyclic) bond motifs is 1. The number of hydrogen-bond donors (Lipinski definition) is 2. The summed E-state index contributed by atoms with van der Waals surface area (Å²) in [6.07, 6.45) is 1.39. The monoisotopic (exact) mass is 625 g/mol. The fourth-order valence-electron chi connectivity index (χ4n) is 7.26. The van der Waals surface area contributed by atoms with Crippen LogP contribution in [0.4, 0.5) is 13.2 Å². The van der Waals surface area contributed by atoms with Crippen molar-refractivity contribution < 1.29 is 32.9 Å². The fraction of sp³-hybridized carbons (Fsp3) is 0.633. The van der Waals surface area contributed by atoms with Gasteiger partial charge in [0.2, 0.25) is 0 Å². The topological polar surface area (TPSA) is 104 Å². The number of allylic oxidation sites excluding steroid dienone is 2. The second kappa shape index (κ2) is 12.3. The number of carbonyl (C=O) groups is 1. The number of ether oxygens (including phenoxy) is 1. The van der Waals surface area contributed by atoms with Gasteiger partial charge in [0.05, 0.1) is 11.5 Å². The molecule has 0 amide bonds. The summed E-state index contributed by atoms with van der Waals surface area (Å²) < 4.78 is 48.0. The number of aromatic nitrogens is 3. The number of aliphatic carboxylic acids is 1. The van der Waals surface area contributed by atoms with Gasteiger partial charge in [0.15, 0.2) is 5.69 Å². The molecular weight excluding hydrogens is 587 g/mol. The molecule has 1 saturated heterocycles. The highest BCUT2D eigenvalue weighted by molar-refractivity contribution is 6.31. The van der Waals surface area contributed by atoms with Gasteiger partial charge in [-0.25, -0.2) is 4.68 Å². The number of likely N-dealkylation sites (tertiary alicyclic amines) is 1. The molecule has 2 aliphatic heterocycles. The van der Waals surface area contributed by atoms with Crippen molar-refractivity contribution in [3.63, 3.8) is 0 Å². The van der Waals surface area contributed by atoms with Crippen molar-refractivity contribution in [2.75, 3.05) is 19.6 Å². The van der Waals surface area contributed by atoms with E-state index in [2.05, 4.69) is 21.3 Å². The number of nitrogens with zero attached hydrogens (tertiary/aromatic N) is 5. The highest BCUT2D eigenvalue weighted by atomic mass is 35.5. The van der Waals surface area contributed by atoms with Crippen LogP contribution in [0.1, 0.15) is 80.9 Å². The third-order valence-electron chi connectivity index (χ3n) is 9.60. The minimum Gasteiger partial charge on any atom is -0.487 e. The number of rotatable bonds is 8. The van der Waals surface area contributed by atoms with E-state index >= 15 is 0 Å². The van der Waals surface area contributed by atoms with Gasteiger partial charge < -0.3 is 19.8 Å². The molecule has 5 rings (SSSR count). The Balaban J connectivity index is 1.55. The molecule has 3 heterocycles. The Hall–Kier alpha value is -2.83. The summed E-state index contributed by atoms with van der Waals surface area (Å²) in [7, 11) is 1.18. The smallest absolute Gasteiger partial charge is 0.435 e. The molecule has 0 spiro atoms. The molecule has 1 unspecified atom stereocenters. The number of benzene rings is 1. The Morgan fingerprint density at radius 3 is 2.72 bits per heavy atom. The number of carboxylic acids is 1. The molecule has 13 heteroatoms. The number of aliphatic hydroxyl groups excluding tert-OH is 1. The first-order valence-corrected chi connectivity index (χ1v) is 15.2. The van der Waals surface area contributed by atoms with Crippen LogP contribution in [0.3, 0.4) is 0 Å². The van der Waals surface area contributed by atoms with Gasteiger partial charge in [0.1, 0.15) is 24.3 Å². The van der Waals surface area contributed by atoms with Gasteiger partial charge in [0, 0.05) is 48.9 Å². The molecule has 4 atom stereocenters. The van der Waals surface area contributed by atoms with E-state index in [4.69, 9.17) is 16.3 Å². The lowest BCUT2D eigenvalue weighted by Crippen LogP contribution is -2.55. The van der Waals surface area contributed by atoms with E-state index in [1.54, 1.807) is 19.1 Å². The molecule has 1 aromatic heterocycles. The van der Waals surface area contributed by atoms with E-state index in [9.17, 15) is 28.2 Å². The second-order valence-electron chi connectivity index (χ2n) is 12.1. The van der Waals surface area contributed by atoms with E-state index in [1.807, 2.05) is 11.8 Å². The van der Waals surface area contributed by atoms with Crippen LogP contribution in [0.15, 0.2) is 23.9 Å². The molecule has 1 saturated carbocycles. The van der Waals surface area contributed by atoms with Crippen LogP contribution in [0.5, 0.6) is 5.75 Å². The van der Waals surface area contributed by atoms with Gasteiger partial charge in [-0.1, -0.05) is 35.7 Å². The summed E-state index contributed by atoms with van der Waals surface area (Å²) in [6.45, 7) is 4.98. The molecule has 1 aliphatic carbocycles. The number of aryl methyl sites for hydroxylation is 1. The van der Waals surface area contributed by atoms with Gasteiger partial charge in [-0.2, -0.15) is 13.2 Å². The average molecular weight is 626 g/mol. The average Bonchev–Trinajstić information content (AvgIpc) is 3.58. The van der Waals surface area contributed by atoms with Crippen LogP contribution in [-0.4, -0.2) is 66.8 Å². The molecule has 43 heavy (non-hydrogen) atoms. The fourth-order valence-corrected chi connectivity index (χ4v) is 7.52. The lowest BCUT2D eigenvalue weighted by molar-refractivity contribution is -0.168. The summed E-state index contributed by atoms with van der Waals surface area (Å²) in [6, 6.07) is 2.87. The van der Waals surface area contributed by atoms with Gasteiger partial charge >= 0.3 is 12.1 Å². The summed E-state index contributed by atoms with van der Waals surface area (Å²) >= 11 is 6.71. The third kappa shape index (κ3) is 5.98. The maximum absolute atomic E-state index is 13.7. The zero-order valence-electron chi connectivity index (χ0n) is 24.7. The largest absolute Gasteiger partial charge is 0.487 e. The van der Waals surface area contributed by atoms with E-state index in [-0.39, 0.29) is 5.69 Å². The SMILES string of the molecule is C/C=C1\CCCN1C[C@@H]1c2c(OCc3nnn(C)c3C(F)(F)F)ccc(Cl)c2CCN1C(O)[C@H]1CCCC[C@]1(C)C(=O)O. The third-order valence-corrected chi connectivity index (χ3v) is 9.96. The van der Waals surface area contributed by atoms with E-state index in [1.165, 1.54) is 12.7 Å². The molecule has 2 fully saturated rings. The first-order chi connectivity index (χ1) is 20.4. The highest BCUT2D eigenvalue weighted by Gasteiger charge is 2.50. The Bertz CT molecular complexity index is 1380. The van der Waals surface area contributed by atoms with Gasteiger partial charge in [-0.05, 0) is 63.6 Å². The molecule has 1 aromatic carbocycles. The predicted molar refractivity (Wildman–Crippen MR) is 153 cm³/mol. The first kappa shape index (κ1) is 31.6. The van der Waals surface area contributed by atoms with Gasteiger partial charge in [0.25, 0.3) is 0 Å². The van der Waals surface area contributed by atoms with Crippen LogP contribution in [-0.2, 0) is 31.0 Å². The summed E-state index contributed by atoms with van der Waals surface area (Å²) in [5.74, 6) is -1.07. The van der Waals surface area contributed by atoms with E-state index in [0.717, 1.165) is 37.8 Å². The van der Waals surface area contributed by atoms with Crippen molar-refractivity contribution in [3.05, 3.63) is 51.4 Å². The highest BCUT2D eigenvalue weighted by Crippen LogP contribution is 2.48. The minimum absolute atomic E-state index is 0.335. The maximum Gasteiger partial charge on any atom is 0.435 e.